The predicted octanol–water partition coefficient (Wildman–Crippen LogP) is 16.5. The highest BCUT2D eigenvalue weighted by molar-refractivity contribution is 6.24. The number of aryl methyl sites for hydroxylation is 6. The summed E-state index contributed by atoms with van der Waals surface area (Å²) in [5.41, 5.74) is 17.2. The zero-order valence-corrected chi connectivity index (χ0v) is 36.6. The maximum atomic E-state index is 2.53. The first-order valence-corrected chi connectivity index (χ1v) is 20.8. The Balaban J connectivity index is 1.50. The van der Waals surface area contributed by atoms with Crippen molar-refractivity contribution in [3.63, 3.8) is 0 Å². The van der Waals surface area contributed by atoms with Gasteiger partial charge in [-0.25, -0.2) is 0 Å². The van der Waals surface area contributed by atoms with Gasteiger partial charge in [0.15, 0.2) is 0 Å². The van der Waals surface area contributed by atoms with Gasteiger partial charge in [0.05, 0.1) is 11.4 Å². The lowest BCUT2D eigenvalue weighted by molar-refractivity contribution is 0.589. The highest BCUT2D eigenvalue weighted by Gasteiger charge is 2.25. The third-order valence-corrected chi connectivity index (χ3v) is 11.6. The van der Waals surface area contributed by atoms with E-state index in [2.05, 4.69) is 226 Å². The second-order valence-electron chi connectivity index (χ2n) is 19.0. The molecule has 0 saturated heterocycles. The van der Waals surface area contributed by atoms with Crippen LogP contribution in [0.3, 0.4) is 0 Å². The van der Waals surface area contributed by atoms with Crippen LogP contribution >= 0.6 is 0 Å². The van der Waals surface area contributed by atoms with Crippen LogP contribution in [0.5, 0.6) is 0 Å². The molecule has 8 rings (SSSR count). The first-order chi connectivity index (χ1) is 27.4. The molecule has 8 aromatic carbocycles. The van der Waals surface area contributed by atoms with Crippen molar-refractivity contribution in [1.29, 1.82) is 0 Å². The fourth-order valence-corrected chi connectivity index (χ4v) is 8.95. The van der Waals surface area contributed by atoms with Crippen molar-refractivity contribution in [1.82, 2.24) is 0 Å². The second-order valence-corrected chi connectivity index (χ2v) is 19.0. The van der Waals surface area contributed by atoms with Gasteiger partial charge in [0, 0.05) is 33.5 Å². The first kappa shape index (κ1) is 39.0. The summed E-state index contributed by atoms with van der Waals surface area (Å²) in [7, 11) is 0. The Labute approximate surface area is 346 Å². The zero-order chi connectivity index (χ0) is 41.3. The molecule has 0 N–H and O–H groups in total. The van der Waals surface area contributed by atoms with Crippen LogP contribution in [0.1, 0.15) is 86.1 Å². The van der Waals surface area contributed by atoms with Crippen molar-refractivity contribution in [3.05, 3.63) is 178 Å². The number of hydrogen-bond acceptors (Lipinski definition) is 2. The van der Waals surface area contributed by atoms with Crippen molar-refractivity contribution in [2.75, 3.05) is 9.80 Å². The molecule has 2 nitrogen and oxygen atoms in total. The Hall–Kier alpha value is -5.86. The summed E-state index contributed by atoms with van der Waals surface area (Å²) in [6, 6.07) is 51.1. The Bertz CT molecular complexity index is 2720. The van der Waals surface area contributed by atoms with Crippen LogP contribution in [0.2, 0.25) is 0 Å². The molecule has 0 radical (unpaired) electrons. The Morgan fingerprint density at radius 1 is 0.293 bits per heavy atom. The number of hydrogen-bond donors (Lipinski definition) is 0. The van der Waals surface area contributed by atoms with E-state index in [0.29, 0.717) is 0 Å². The Morgan fingerprint density at radius 2 is 0.569 bits per heavy atom. The minimum Gasteiger partial charge on any atom is -0.310 e. The molecule has 8 aromatic rings. The molecule has 0 bridgehead atoms. The molecule has 0 heterocycles. The van der Waals surface area contributed by atoms with Gasteiger partial charge in [-0.2, -0.15) is 0 Å². The molecule has 0 fully saturated rings. The topological polar surface area (TPSA) is 6.48 Å². The van der Waals surface area contributed by atoms with E-state index in [1.54, 1.807) is 0 Å². The second kappa shape index (κ2) is 14.5. The van der Waals surface area contributed by atoms with Gasteiger partial charge in [0.1, 0.15) is 0 Å². The number of anilines is 6. The van der Waals surface area contributed by atoms with Crippen LogP contribution in [-0.2, 0) is 10.8 Å². The van der Waals surface area contributed by atoms with E-state index in [4.69, 9.17) is 0 Å². The van der Waals surface area contributed by atoms with Crippen LogP contribution in [0.25, 0.3) is 32.3 Å². The minimum atomic E-state index is -0.00872. The Kier molecular flexibility index (Phi) is 9.75. The van der Waals surface area contributed by atoms with Gasteiger partial charge in [0.25, 0.3) is 0 Å². The molecule has 0 amide bonds. The van der Waals surface area contributed by atoms with Gasteiger partial charge < -0.3 is 9.80 Å². The summed E-state index contributed by atoms with van der Waals surface area (Å²) in [4.78, 5) is 5.02. The number of nitrogens with zero attached hydrogens (tertiary/aromatic N) is 2. The molecule has 2 heteroatoms. The first-order valence-electron chi connectivity index (χ1n) is 20.8. The van der Waals surface area contributed by atoms with E-state index in [9.17, 15) is 0 Å². The normalized spacial score (nSPS) is 12.1. The molecular weight excluding hydrogens is 701 g/mol. The van der Waals surface area contributed by atoms with Gasteiger partial charge in [-0.05, 0) is 179 Å². The molecule has 0 atom stereocenters. The summed E-state index contributed by atoms with van der Waals surface area (Å²) >= 11 is 0. The van der Waals surface area contributed by atoms with Gasteiger partial charge in [-0.15, -0.1) is 0 Å². The van der Waals surface area contributed by atoms with Gasteiger partial charge in [0.2, 0.25) is 0 Å². The lowest BCUT2D eigenvalue weighted by Gasteiger charge is -2.32. The molecule has 58 heavy (non-hydrogen) atoms. The van der Waals surface area contributed by atoms with E-state index >= 15 is 0 Å². The third-order valence-electron chi connectivity index (χ3n) is 11.6. The van der Waals surface area contributed by atoms with Crippen LogP contribution in [0.4, 0.5) is 34.1 Å². The predicted molar refractivity (Wildman–Crippen MR) is 254 cm³/mol. The van der Waals surface area contributed by atoms with E-state index < -0.39 is 0 Å². The van der Waals surface area contributed by atoms with Gasteiger partial charge in [-0.3, -0.25) is 0 Å². The van der Waals surface area contributed by atoms with E-state index in [-0.39, 0.29) is 10.8 Å². The van der Waals surface area contributed by atoms with Crippen LogP contribution in [0.15, 0.2) is 133 Å². The smallest absolute Gasteiger partial charge is 0.0546 e. The van der Waals surface area contributed by atoms with Gasteiger partial charge in [-0.1, -0.05) is 114 Å². The summed E-state index contributed by atoms with van der Waals surface area (Å²) in [6.07, 6.45) is 0. The average Bonchev–Trinajstić information content (AvgIpc) is 3.13. The molecule has 0 saturated carbocycles. The lowest BCUT2D eigenvalue weighted by atomic mass is 9.85. The minimum absolute atomic E-state index is 0.00872. The molecule has 0 unspecified atom stereocenters. The van der Waals surface area contributed by atoms with Crippen LogP contribution in [0, 0.1) is 41.5 Å². The third kappa shape index (κ3) is 7.37. The lowest BCUT2D eigenvalue weighted by Crippen LogP contribution is -2.17. The summed E-state index contributed by atoms with van der Waals surface area (Å²) in [6.45, 7) is 27.2. The number of fused-ring (bicyclic) bond motifs is 5. The van der Waals surface area contributed by atoms with Crippen molar-refractivity contribution in [2.24, 2.45) is 0 Å². The van der Waals surface area contributed by atoms with E-state index in [1.165, 1.54) is 111 Å². The number of rotatable bonds is 6. The molecular formula is C56H58N2. The van der Waals surface area contributed by atoms with Crippen LogP contribution in [-0.4, -0.2) is 0 Å². The quantitative estimate of drug-likeness (QED) is 0.156. The van der Waals surface area contributed by atoms with Gasteiger partial charge >= 0.3 is 0 Å². The highest BCUT2D eigenvalue weighted by atomic mass is 15.2. The zero-order valence-electron chi connectivity index (χ0n) is 36.6. The summed E-state index contributed by atoms with van der Waals surface area (Å²) < 4.78 is 0. The standard InChI is InChI=1S/C56H58N2/c1-35-21-36(2)26-43(25-35)57(44-27-37(3)22-38(4)28-44)53-33-51-48-18-14-16-20-50(48)54(34-52(51)47-17-13-15-19-49(47)53)58(45-29-39(5)23-41(31-45)55(7,8)9)46-30-40(6)24-42(32-46)56(10,11)12/h13-34H,1-12H3. The molecule has 292 valence electrons. The largest absolute Gasteiger partial charge is 0.310 e. The molecule has 0 aliphatic heterocycles. The van der Waals surface area contributed by atoms with Crippen molar-refractivity contribution < 1.29 is 0 Å². The van der Waals surface area contributed by atoms with Crippen molar-refractivity contribution in [2.45, 2.75) is 93.9 Å². The molecule has 0 aliphatic carbocycles. The fourth-order valence-electron chi connectivity index (χ4n) is 8.95. The molecule has 0 aliphatic rings. The molecule has 0 spiro atoms. The van der Waals surface area contributed by atoms with Crippen molar-refractivity contribution in [3.8, 4) is 0 Å². The highest BCUT2D eigenvalue weighted by Crippen LogP contribution is 2.49. The summed E-state index contributed by atoms with van der Waals surface area (Å²) in [5, 5.41) is 7.40. The Morgan fingerprint density at radius 3 is 0.879 bits per heavy atom. The maximum absolute atomic E-state index is 2.53. The summed E-state index contributed by atoms with van der Waals surface area (Å²) in [5.74, 6) is 0. The van der Waals surface area contributed by atoms with Crippen LogP contribution < -0.4 is 9.80 Å². The average molecular weight is 759 g/mol. The van der Waals surface area contributed by atoms with E-state index in [1.807, 2.05) is 0 Å². The number of benzene rings is 8. The van der Waals surface area contributed by atoms with Crippen molar-refractivity contribution >= 4 is 66.4 Å². The molecule has 0 aromatic heterocycles. The van der Waals surface area contributed by atoms with E-state index in [0.717, 1.165) is 0 Å². The SMILES string of the molecule is Cc1cc(C)cc(N(c2cc(C)cc(C)c2)c2cc3c4ccccc4c(N(c4cc(C)cc(C(C)(C)C)c4)c4cc(C)cc(C(C)(C)C)c4)cc3c3ccccc23)c1. The maximum Gasteiger partial charge on any atom is 0.0546 e. The monoisotopic (exact) mass is 758 g/mol. The fraction of sp³-hybridized carbons (Fsp3) is 0.250.